The molecule has 0 aliphatic carbocycles. The molecule has 1 unspecified atom stereocenters. The Bertz CT molecular complexity index is 1050. The molecule has 0 saturated carbocycles. The lowest BCUT2D eigenvalue weighted by atomic mass is 10.2. The number of likely N-dealkylation sites (N-methyl/N-ethyl adjacent to an activating group) is 1. The summed E-state index contributed by atoms with van der Waals surface area (Å²) in [4.78, 5) is 14.4. The summed E-state index contributed by atoms with van der Waals surface area (Å²) in [7, 11) is 3.40. The van der Waals surface area contributed by atoms with Crippen LogP contribution in [0.15, 0.2) is 53.7 Å². The molecule has 0 bridgehead atoms. The number of hydrogen-bond acceptors (Lipinski definition) is 7. The highest BCUT2D eigenvalue weighted by Gasteiger charge is 2.24. The summed E-state index contributed by atoms with van der Waals surface area (Å²) in [6, 6.07) is 15.2. The lowest BCUT2D eigenvalue weighted by Crippen LogP contribution is -2.42. The fourth-order valence-corrected chi connectivity index (χ4v) is 4.20. The fourth-order valence-electron chi connectivity index (χ4n) is 3.26. The van der Waals surface area contributed by atoms with Gasteiger partial charge in [0.2, 0.25) is 5.91 Å². The van der Waals surface area contributed by atoms with Crippen LogP contribution in [0.25, 0.3) is 5.69 Å². The Hall–Kier alpha value is -3.20. The first kappa shape index (κ1) is 21.0. The average Bonchev–Trinajstić information content (AvgIpc) is 3.17. The van der Waals surface area contributed by atoms with E-state index in [0.29, 0.717) is 24.1 Å². The van der Waals surface area contributed by atoms with Crippen molar-refractivity contribution < 1.29 is 19.0 Å². The predicted octanol–water partition coefficient (Wildman–Crippen LogP) is 2.97. The van der Waals surface area contributed by atoms with Crippen LogP contribution < -0.4 is 14.2 Å². The van der Waals surface area contributed by atoms with Crippen molar-refractivity contribution in [3.63, 3.8) is 0 Å². The highest BCUT2D eigenvalue weighted by molar-refractivity contribution is 7.99. The quantitative estimate of drug-likeness (QED) is 0.523. The highest BCUT2D eigenvalue weighted by Crippen LogP contribution is 2.31. The van der Waals surface area contributed by atoms with E-state index in [-0.39, 0.29) is 17.8 Å². The van der Waals surface area contributed by atoms with Crippen molar-refractivity contribution in [3.8, 4) is 22.9 Å². The molecule has 0 saturated heterocycles. The zero-order valence-electron chi connectivity index (χ0n) is 17.6. The lowest BCUT2D eigenvalue weighted by molar-refractivity contribution is -0.128. The Balaban J connectivity index is 1.36. The number of methoxy groups -OCH3 is 1. The van der Waals surface area contributed by atoms with Crippen LogP contribution in [0, 0.1) is 6.92 Å². The number of para-hydroxylation sites is 2. The van der Waals surface area contributed by atoms with Gasteiger partial charge in [-0.3, -0.25) is 9.36 Å². The second-order valence-corrected chi connectivity index (χ2v) is 8.07. The topological polar surface area (TPSA) is 78.7 Å². The number of aryl methyl sites for hydroxylation is 1. The molecule has 1 aromatic heterocycles. The summed E-state index contributed by atoms with van der Waals surface area (Å²) in [5, 5.41) is 9.07. The molecule has 9 heteroatoms. The average molecular weight is 441 g/mol. The van der Waals surface area contributed by atoms with E-state index in [4.69, 9.17) is 14.2 Å². The number of carbonyl (C=O) groups excluding carboxylic acids is 1. The standard InChI is InChI=1S/C22H24N4O4S/c1-15-23-24-22(26(15)16-8-10-17(28-3)11-9-16)31-14-21(27)25(2)12-18-13-29-19-6-4-5-7-20(19)30-18/h4-11,18H,12-14H2,1-3H3. The van der Waals surface area contributed by atoms with Crippen molar-refractivity contribution in [1.82, 2.24) is 19.7 Å². The monoisotopic (exact) mass is 440 g/mol. The molecular formula is C22H24N4O4S. The Labute approximate surface area is 185 Å². The molecule has 1 aliphatic heterocycles. The van der Waals surface area contributed by atoms with Gasteiger partial charge in [0, 0.05) is 12.7 Å². The van der Waals surface area contributed by atoms with Crippen LogP contribution in [0.2, 0.25) is 0 Å². The van der Waals surface area contributed by atoms with E-state index in [1.807, 2.05) is 60.0 Å². The number of benzene rings is 2. The number of rotatable bonds is 7. The smallest absolute Gasteiger partial charge is 0.232 e. The van der Waals surface area contributed by atoms with Crippen LogP contribution in [-0.4, -0.2) is 64.7 Å². The van der Waals surface area contributed by atoms with Crippen LogP contribution in [-0.2, 0) is 4.79 Å². The van der Waals surface area contributed by atoms with E-state index in [1.165, 1.54) is 11.8 Å². The number of carbonyl (C=O) groups is 1. The van der Waals surface area contributed by atoms with Crippen LogP contribution in [0.3, 0.4) is 0 Å². The molecule has 8 nitrogen and oxygen atoms in total. The van der Waals surface area contributed by atoms with Crippen LogP contribution in [0.1, 0.15) is 5.82 Å². The normalized spacial score (nSPS) is 14.9. The first-order chi connectivity index (χ1) is 15.0. The molecule has 1 atom stereocenters. The van der Waals surface area contributed by atoms with Gasteiger partial charge in [0.05, 0.1) is 19.4 Å². The van der Waals surface area contributed by atoms with Gasteiger partial charge in [-0.05, 0) is 43.3 Å². The second-order valence-electron chi connectivity index (χ2n) is 7.12. The van der Waals surface area contributed by atoms with Gasteiger partial charge >= 0.3 is 0 Å². The van der Waals surface area contributed by atoms with E-state index in [2.05, 4.69) is 10.2 Å². The summed E-state index contributed by atoms with van der Waals surface area (Å²) in [6.07, 6.45) is -0.209. The first-order valence-corrected chi connectivity index (χ1v) is 10.9. The molecule has 0 fully saturated rings. The third-order valence-corrected chi connectivity index (χ3v) is 5.84. The van der Waals surface area contributed by atoms with Gasteiger partial charge in [-0.15, -0.1) is 10.2 Å². The van der Waals surface area contributed by atoms with Gasteiger partial charge in [-0.25, -0.2) is 0 Å². The number of thioether (sulfide) groups is 1. The lowest BCUT2D eigenvalue weighted by Gasteiger charge is -2.29. The minimum atomic E-state index is -0.209. The van der Waals surface area contributed by atoms with E-state index in [0.717, 1.165) is 23.0 Å². The predicted molar refractivity (Wildman–Crippen MR) is 117 cm³/mol. The summed E-state index contributed by atoms with van der Waals surface area (Å²) in [5.74, 6) is 3.19. The molecule has 3 aromatic rings. The zero-order valence-corrected chi connectivity index (χ0v) is 18.5. The first-order valence-electron chi connectivity index (χ1n) is 9.87. The van der Waals surface area contributed by atoms with Gasteiger partial charge in [-0.1, -0.05) is 23.9 Å². The number of ether oxygens (including phenoxy) is 3. The van der Waals surface area contributed by atoms with Crippen molar-refractivity contribution in [2.75, 3.05) is 33.1 Å². The molecule has 0 radical (unpaired) electrons. The van der Waals surface area contributed by atoms with Crippen molar-refractivity contribution in [1.29, 1.82) is 0 Å². The molecular weight excluding hydrogens is 416 g/mol. The summed E-state index contributed by atoms with van der Waals surface area (Å²) in [5.41, 5.74) is 0.915. The maximum absolute atomic E-state index is 12.7. The minimum absolute atomic E-state index is 0.0191. The summed E-state index contributed by atoms with van der Waals surface area (Å²) >= 11 is 1.35. The van der Waals surface area contributed by atoms with Gasteiger partial charge < -0.3 is 19.1 Å². The van der Waals surface area contributed by atoms with Crippen LogP contribution in [0.5, 0.6) is 17.2 Å². The van der Waals surface area contributed by atoms with E-state index in [1.54, 1.807) is 19.1 Å². The van der Waals surface area contributed by atoms with E-state index < -0.39 is 0 Å². The third-order valence-electron chi connectivity index (χ3n) is 4.92. The number of nitrogens with zero attached hydrogens (tertiary/aromatic N) is 4. The fraction of sp³-hybridized carbons (Fsp3) is 0.318. The Morgan fingerprint density at radius 1 is 1.19 bits per heavy atom. The Morgan fingerprint density at radius 2 is 1.94 bits per heavy atom. The molecule has 2 heterocycles. The molecule has 0 spiro atoms. The third kappa shape index (κ3) is 4.77. The molecule has 1 amide bonds. The van der Waals surface area contributed by atoms with E-state index >= 15 is 0 Å². The zero-order chi connectivity index (χ0) is 21.8. The summed E-state index contributed by atoms with van der Waals surface area (Å²) < 4.78 is 18.8. The Morgan fingerprint density at radius 3 is 2.68 bits per heavy atom. The van der Waals surface area contributed by atoms with Crippen LogP contribution in [0.4, 0.5) is 0 Å². The Kier molecular flexibility index (Phi) is 6.31. The largest absolute Gasteiger partial charge is 0.497 e. The van der Waals surface area contributed by atoms with Crippen molar-refractivity contribution in [2.45, 2.75) is 18.2 Å². The molecule has 162 valence electrons. The van der Waals surface area contributed by atoms with E-state index in [9.17, 15) is 4.79 Å². The highest BCUT2D eigenvalue weighted by atomic mass is 32.2. The van der Waals surface area contributed by atoms with Gasteiger partial charge in [0.25, 0.3) is 0 Å². The molecule has 31 heavy (non-hydrogen) atoms. The van der Waals surface area contributed by atoms with Crippen LogP contribution >= 0.6 is 11.8 Å². The van der Waals surface area contributed by atoms with Crippen molar-refractivity contribution >= 4 is 17.7 Å². The second kappa shape index (κ2) is 9.30. The number of aromatic nitrogens is 3. The van der Waals surface area contributed by atoms with Crippen molar-refractivity contribution in [2.24, 2.45) is 0 Å². The number of hydrogen-bond donors (Lipinski definition) is 0. The maximum atomic E-state index is 12.7. The number of fused-ring (bicyclic) bond motifs is 1. The van der Waals surface area contributed by atoms with Gasteiger partial charge in [0.15, 0.2) is 22.8 Å². The summed E-state index contributed by atoms with van der Waals surface area (Å²) in [6.45, 7) is 2.73. The maximum Gasteiger partial charge on any atom is 0.232 e. The van der Waals surface area contributed by atoms with Gasteiger partial charge in [0.1, 0.15) is 18.2 Å². The van der Waals surface area contributed by atoms with Crippen molar-refractivity contribution in [3.05, 3.63) is 54.4 Å². The van der Waals surface area contributed by atoms with Gasteiger partial charge in [-0.2, -0.15) is 0 Å². The molecule has 4 rings (SSSR count). The molecule has 0 N–H and O–H groups in total. The number of amides is 1. The molecule has 2 aromatic carbocycles. The minimum Gasteiger partial charge on any atom is -0.497 e. The SMILES string of the molecule is COc1ccc(-n2c(C)nnc2SCC(=O)N(C)CC2COc3ccccc3O2)cc1. The molecule has 1 aliphatic rings.